The number of rotatable bonds is 3. The van der Waals surface area contributed by atoms with Crippen LogP contribution in [0.5, 0.6) is 0 Å². The summed E-state index contributed by atoms with van der Waals surface area (Å²) in [6.07, 6.45) is -0.358. The molecule has 3 rings (SSSR count). The van der Waals surface area contributed by atoms with E-state index in [1.165, 1.54) is 6.07 Å². The topological polar surface area (TPSA) is 66.4 Å². The van der Waals surface area contributed by atoms with Gasteiger partial charge in [-0.05, 0) is 30.3 Å². The molecule has 1 aromatic heterocycles. The third kappa shape index (κ3) is 2.46. The molecule has 1 atom stereocenters. The molecule has 2 aromatic rings. The van der Waals surface area contributed by atoms with Crippen molar-refractivity contribution in [2.24, 2.45) is 0 Å². The van der Waals surface area contributed by atoms with Crippen LogP contribution < -0.4 is 5.32 Å². The molecule has 1 aliphatic rings. The molecule has 108 valence electrons. The Hall–Kier alpha value is -1.40. The Balaban J connectivity index is 1.96. The zero-order chi connectivity index (χ0) is 15.2. The molecule has 1 amide bonds. The van der Waals surface area contributed by atoms with E-state index in [1.54, 1.807) is 24.3 Å². The van der Waals surface area contributed by atoms with E-state index in [4.69, 9.17) is 23.2 Å². The van der Waals surface area contributed by atoms with Crippen molar-refractivity contribution < 1.29 is 14.7 Å². The van der Waals surface area contributed by atoms with E-state index in [-0.39, 0.29) is 12.2 Å². The van der Waals surface area contributed by atoms with Gasteiger partial charge in [0.2, 0.25) is 0 Å². The average Bonchev–Trinajstić information content (AvgIpc) is 2.95. The molecule has 1 aliphatic heterocycles. The number of Topliss-reactive ketones (excluding diaryl/α,β-unsaturated/α-hetero) is 1. The molecule has 0 fully saturated rings. The maximum atomic E-state index is 12.2. The third-order valence-electron chi connectivity index (χ3n) is 3.32. The first kappa shape index (κ1) is 14.5. The Morgan fingerprint density at radius 1 is 1.29 bits per heavy atom. The number of nitrogens with one attached hydrogen (secondary N) is 1. The fourth-order valence-electron chi connectivity index (χ4n) is 2.27. The van der Waals surface area contributed by atoms with E-state index >= 15 is 0 Å². The van der Waals surface area contributed by atoms with Gasteiger partial charge in [-0.3, -0.25) is 9.59 Å². The van der Waals surface area contributed by atoms with Crippen molar-refractivity contribution in [1.82, 2.24) is 0 Å². The van der Waals surface area contributed by atoms with Crippen LogP contribution in [0.4, 0.5) is 5.69 Å². The number of thiophene rings is 1. The van der Waals surface area contributed by atoms with Gasteiger partial charge in [0.25, 0.3) is 5.91 Å². The predicted molar refractivity (Wildman–Crippen MR) is 82.3 cm³/mol. The van der Waals surface area contributed by atoms with Gasteiger partial charge in [-0.1, -0.05) is 23.2 Å². The van der Waals surface area contributed by atoms with E-state index < -0.39 is 11.5 Å². The number of halogens is 2. The third-order valence-corrected chi connectivity index (χ3v) is 4.82. The van der Waals surface area contributed by atoms with Crippen molar-refractivity contribution in [3.05, 3.63) is 50.1 Å². The maximum Gasteiger partial charge on any atom is 0.261 e. The summed E-state index contributed by atoms with van der Waals surface area (Å²) in [7, 11) is 0. The summed E-state index contributed by atoms with van der Waals surface area (Å²) in [5.74, 6) is -0.979. The van der Waals surface area contributed by atoms with Crippen LogP contribution in [0.3, 0.4) is 0 Å². The molecule has 1 aromatic carbocycles. The van der Waals surface area contributed by atoms with Crippen LogP contribution in [0, 0.1) is 0 Å². The number of fused-ring (bicyclic) bond motifs is 1. The van der Waals surface area contributed by atoms with E-state index in [0.29, 0.717) is 25.5 Å². The highest BCUT2D eigenvalue weighted by molar-refractivity contribution is 7.18. The lowest BCUT2D eigenvalue weighted by Crippen LogP contribution is -2.36. The van der Waals surface area contributed by atoms with Gasteiger partial charge in [0.05, 0.1) is 15.6 Å². The van der Waals surface area contributed by atoms with Gasteiger partial charge in [0.15, 0.2) is 11.4 Å². The summed E-state index contributed by atoms with van der Waals surface area (Å²) in [6.45, 7) is 0. The molecule has 2 heterocycles. The van der Waals surface area contributed by atoms with Gasteiger partial charge in [0, 0.05) is 16.3 Å². The lowest BCUT2D eigenvalue weighted by molar-refractivity contribution is -0.133. The summed E-state index contributed by atoms with van der Waals surface area (Å²) in [4.78, 5) is 24.7. The number of aliphatic hydroxyl groups is 1. The highest BCUT2D eigenvalue weighted by atomic mass is 35.5. The Morgan fingerprint density at radius 3 is 2.71 bits per heavy atom. The summed E-state index contributed by atoms with van der Waals surface area (Å²) in [5.41, 5.74) is -1.13. The lowest BCUT2D eigenvalue weighted by Gasteiger charge is -2.19. The molecule has 0 saturated carbocycles. The van der Waals surface area contributed by atoms with Crippen LogP contribution in [0.25, 0.3) is 0 Å². The normalized spacial score (nSPS) is 20.2. The average molecular weight is 342 g/mol. The second-order valence-electron chi connectivity index (χ2n) is 4.71. The Morgan fingerprint density at radius 2 is 2.05 bits per heavy atom. The Bertz CT molecular complexity index is 758. The van der Waals surface area contributed by atoms with Gasteiger partial charge in [-0.25, -0.2) is 0 Å². The highest BCUT2D eigenvalue weighted by Gasteiger charge is 2.47. The van der Waals surface area contributed by atoms with Crippen molar-refractivity contribution >= 4 is 51.9 Å². The molecule has 7 heteroatoms. The van der Waals surface area contributed by atoms with Crippen molar-refractivity contribution in [1.29, 1.82) is 0 Å². The number of amides is 1. The number of carbonyl (C=O) groups is 2. The molecule has 2 N–H and O–H groups in total. The van der Waals surface area contributed by atoms with Crippen LogP contribution in [-0.2, 0) is 10.4 Å². The molecule has 0 spiro atoms. The van der Waals surface area contributed by atoms with Crippen molar-refractivity contribution in [3.8, 4) is 0 Å². The first-order chi connectivity index (χ1) is 9.90. The number of anilines is 1. The number of ketones is 1. The molecule has 21 heavy (non-hydrogen) atoms. The SMILES string of the molecule is O=C(C[C@]1(O)C(=O)Nc2ccc(Cl)cc21)c1ccc(Cl)s1. The molecule has 4 nitrogen and oxygen atoms in total. The number of carbonyl (C=O) groups excluding carboxylic acids is 2. The van der Waals surface area contributed by atoms with E-state index in [1.807, 2.05) is 0 Å². The number of benzene rings is 1. The fraction of sp³-hybridized carbons (Fsp3) is 0.143. The molecule has 0 unspecified atom stereocenters. The minimum Gasteiger partial charge on any atom is -0.375 e. The van der Waals surface area contributed by atoms with E-state index in [0.717, 1.165) is 11.3 Å². The maximum absolute atomic E-state index is 12.2. The molecular weight excluding hydrogens is 333 g/mol. The summed E-state index contributed by atoms with van der Waals surface area (Å²) in [6, 6.07) is 7.87. The standard InChI is InChI=1S/C14H9Cl2NO3S/c15-7-1-2-9-8(5-7)14(20,13(19)17-9)6-10(18)11-3-4-12(16)21-11/h1-5,20H,6H2,(H,17,19)/t14-/m1/s1. The van der Waals surface area contributed by atoms with Crippen molar-refractivity contribution in [3.63, 3.8) is 0 Å². The lowest BCUT2D eigenvalue weighted by atomic mass is 9.89. The molecular formula is C14H9Cl2NO3S. The minimum absolute atomic E-state index is 0.316. The van der Waals surface area contributed by atoms with Crippen LogP contribution in [-0.4, -0.2) is 16.8 Å². The van der Waals surface area contributed by atoms with Crippen LogP contribution in [0.1, 0.15) is 21.7 Å². The minimum atomic E-state index is -1.91. The zero-order valence-electron chi connectivity index (χ0n) is 10.5. The predicted octanol–water partition coefficient (Wildman–Crippen LogP) is 3.47. The smallest absolute Gasteiger partial charge is 0.261 e. The number of hydrogen-bond donors (Lipinski definition) is 2. The second kappa shape index (κ2) is 5.10. The first-order valence-corrected chi connectivity index (χ1v) is 7.60. The monoisotopic (exact) mass is 341 g/mol. The molecule has 0 bridgehead atoms. The van der Waals surface area contributed by atoms with Gasteiger partial charge in [-0.15, -0.1) is 11.3 Å². The van der Waals surface area contributed by atoms with Gasteiger partial charge in [-0.2, -0.15) is 0 Å². The first-order valence-electron chi connectivity index (χ1n) is 6.02. The quantitative estimate of drug-likeness (QED) is 0.840. The summed E-state index contributed by atoms with van der Waals surface area (Å²) >= 11 is 12.8. The van der Waals surface area contributed by atoms with E-state index in [2.05, 4.69) is 5.32 Å². The fourth-order valence-corrected chi connectivity index (χ4v) is 3.43. The van der Waals surface area contributed by atoms with Crippen LogP contribution >= 0.6 is 34.5 Å². The van der Waals surface area contributed by atoms with Gasteiger partial charge >= 0.3 is 0 Å². The second-order valence-corrected chi connectivity index (χ2v) is 6.86. The summed E-state index contributed by atoms with van der Waals surface area (Å²) < 4.78 is 0.477. The van der Waals surface area contributed by atoms with Gasteiger partial charge in [0.1, 0.15) is 0 Å². The largest absolute Gasteiger partial charge is 0.375 e. The molecule has 0 aliphatic carbocycles. The van der Waals surface area contributed by atoms with Crippen LogP contribution in [0.15, 0.2) is 30.3 Å². The molecule has 0 saturated heterocycles. The van der Waals surface area contributed by atoms with Gasteiger partial charge < -0.3 is 10.4 Å². The van der Waals surface area contributed by atoms with Crippen LogP contribution in [0.2, 0.25) is 9.36 Å². The van der Waals surface area contributed by atoms with E-state index in [9.17, 15) is 14.7 Å². The zero-order valence-corrected chi connectivity index (χ0v) is 12.9. The van der Waals surface area contributed by atoms with Crippen molar-refractivity contribution in [2.75, 3.05) is 5.32 Å². The number of hydrogen-bond acceptors (Lipinski definition) is 4. The Labute approximate surface area is 134 Å². The Kier molecular flexibility index (Phi) is 3.53. The highest BCUT2D eigenvalue weighted by Crippen LogP contribution is 2.40. The molecule has 0 radical (unpaired) electrons. The van der Waals surface area contributed by atoms with Crippen molar-refractivity contribution in [2.45, 2.75) is 12.0 Å². The summed E-state index contributed by atoms with van der Waals surface area (Å²) in [5, 5.41) is 13.6.